The number of nitrogens with one attached hydrogen (secondary N) is 1. The molecule has 0 spiro atoms. The van der Waals surface area contributed by atoms with Gasteiger partial charge in [0.15, 0.2) is 5.54 Å². The highest BCUT2D eigenvalue weighted by Gasteiger charge is 2.30. The molecule has 0 saturated heterocycles. The Morgan fingerprint density at radius 2 is 2.08 bits per heavy atom. The van der Waals surface area contributed by atoms with Crippen LogP contribution in [0.2, 0.25) is 0 Å². The van der Waals surface area contributed by atoms with Gasteiger partial charge in [0.25, 0.3) is 5.91 Å². The third-order valence-corrected chi connectivity index (χ3v) is 4.24. The van der Waals surface area contributed by atoms with Crippen LogP contribution in [0.15, 0.2) is 36.7 Å². The SMILES string of the molecule is CC(C)(C(=O)O)n1cc(NC(=O)c2ccccc2OCC2CC2)cn1. The maximum atomic E-state index is 12.5. The molecule has 1 fully saturated rings. The largest absolute Gasteiger partial charge is 0.492 e. The van der Waals surface area contributed by atoms with Crippen molar-refractivity contribution in [3.8, 4) is 5.75 Å². The molecular weight excluding hydrogens is 322 g/mol. The predicted molar refractivity (Wildman–Crippen MR) is 91.8 cm³/mol. The van der Waals surface area contributed by atoms with Gasteiger partial charge in [0, 0.05) is 6.20 Å². The number of para-hydroxylation sites is 1. The Labute approximate surface area is 145 Å². The fourth-order valence-corrected chi connectivity index (χ4v) is 2.26. The molecule has 0 unspecified atom stereocenters. The van der Waals surface area contributed by atoms with Crippen LogP contribution in [-0.4, -0.2) is 33.4 Å². The molecule has 2 N–H and O–H groups in total. The van der Waals surface area contributed by atoms with E-state index in [1.54, 1.807) is 18.2 Å². The lowest BCUT2D eigenvalue weighted by Crippen LogP contribution is -2.35. The first-order valence-corrected chi connectivity index (χ1v) is 8.19. The minimum Gasteiger partial charge on any atom is -0.492 e. The summed E-state index contributed by atoms with van der Waals surface area (Å²) in [6, 6.07) is 7.07. The van der Waals surface area contributed by atoms with Crippen molar-refractivity contribution in [1.29, 1.82) is 0 Å². The lowest BCUT2D eigenvalue weighted by atomic mass is 10.1. The quantitative estimate of drug-likeness (QED) is 0.806. The number of amides is 1. The van der Waals surface area contributed by atoms with Crippen LogP contribution >= 0.6 is 0 Å². The van der Waals surface area contributed by atoms with Gasteiger partial charge in [-0.25, -0.2) is 4.79 Å². The number of anilines is 1. The van der Waals surface area contributed by atoms with Crippen molar-refractivity contribution in [1.82, 2.24) is 9.78 Å². The molecule has 0 radical (unpaired) electrons. The van der Waals surface area contributed by atoms with Crippen molar-refractivity contribution in [2.24, 2.45) is 5.92 Å². The van der Waals surface area contributed by atoms with Crippen molar-refractivity contribution in [2.45, 2.75) is 32.2 Å². The molecule has 1 amide bonds. The number of hydrogen-bond acceptors (Lipinski definition) is 4. The molecule has 3 rings (SSSR count). The van der Waals surface area contributed by atoms with Crippen LogP contribution in [0.1, 0.15) is 37.0 Å². The Morgan fingerprint density at radius 1 is 1.36 bits per heavy atom. The van der Waals surface area contributed by atoms with Gasteiger partial charge in [0.1, 0.15) is 5.75 Å². The monoisotopic (exact) mass is 343 g/mol. The van der Waals surface area contributed by atoms with E-state index in [9.17, 15) is 14.7 Å². The number of carboxylic acid groups (broad SMARTS) is 1. The number of hydrogen-bond donors (Lipinski definition) is 2. The summed E-state index contributed by atoms with van der Waals surface area (Å²) >= 11 is 0. The standard InChI is InChI=1S/C18H21N3O4/c1-18(2,17(23)24)21-10-13(9-19-21)20-16(22)14-5-3-4-6-15(14)25-11-12-7-8-12/h3-6,9-10,12H,7-8,11H2,1-2H3,(H,20,22)(H,23,24). The van der Waals surface area contributed by atoms with Crippen LogP contribution in [0.4, 0.5) is 5.69 Å². The molecule has 0 bridgehead atoms. The van der Waals surface area contributed by atoms with Crippen LogP contribution in [0, 0.1) is 5.92 Å². The number of carbonyl (C=O) groups is 2. The van der Waals surface area contributed by atoms with E-state index in [4.69, 9.17) is 4.74 Å². The second-order valence-corrected chi connectivity index (χ2v) is 6.74. The molecule has 1 saturated carbocycles. The van der Waals surface area contributed by atoms with Crippen LogP contribution in [0.3, 0.4) is 0 Å². The number of rotatable bonds is 7. The van der Waals surface area contributed by atoms with E-state index in [0.29, 0.717) is 29.5 Å². The summed E-state index contributed by atoms with van der Waals surface area (Å²) < 4.78 is 7.06. The van der Waals surface area contributed by atoms with Gasteiger partial charge in [-0.3, -0.25) is 9.48 Å². The summed E-state index contributed by atoms with van der Waals surface area (Å²) in [4.78, 5) is 23.8. The maximum Gasteiger partial charge on any atom is 0.331 e. The van der Waals surface area contributed by atoms with Crippen molar-refractivity contribution < 1.29 is 19.4 Å². The van der Waals surface area contributed by atoms with Gasteiger partial charge in [0.05, 0.1) is 24.1 Å². The number of benzene rings is 1. The molecule has 0 aliphatic heterocycles. The lowest BCUT2D eigenvalue weighted by Gasteiger charge is -2.19. The van der Waals surface area contributed by atoms with E-state index < -0.39 is 11.5 Å². The fraction of sp³-hybridized carbons (Fsp3) is 0.389. The van der Waals surface area contributed by atoms with E-state index in [-0.39, 0.29) is 5.91 Å². The minimum absolute atomic E-state index is 0.320. The predicted octanol–water partition coefficient (Wildman–Crippen LogP) is 2.74. The Bertz CT molecular complexity index is 793. The molecular formula is C18H21N3O4. The van der Waals surface area contributed by atoms with E-state index in [2.05, 4.69) is 10.4 Å². The van der Waals surface area contributed by atoms with Gasteiger partial charge in [-0.1, -0.05) is 12.1 Å². The van der Waals surface area contributed by atoms with Crippen molar-refractivity contribution in [2.75, 3.05) is 11.9 Å². The molecule has 7 heteroatoms. The molecule has 1 aliphatic rings. The Balaban J connectivity index is 1.72. The first kappa shape index (κ1) is 17.0. The topological polar surface area (TPSA) is 93.5 Å². The van der Waals surface area contributed by atoms with E-state index in [1.807, 2.05) is 6.07 Å². The molecule has 25 heavy (non-hydrogen) atoms. The molecule has 1 aliphatic carbocycles. The number of ether oxygens (including phenoxy) is 1. The number of aromatic nitrogens is 2. The highest BCUT2D eigenvalue weighted by atomic mass is 16.5. The summed E-state index contributed by atoms with van der Waals surface area (Å²) in [5.74, 6) is -0.191. The minimum atomic E-state index is -1.20. The first-order chi connectivity index (χ1) is 11.9. The van der Waals surface area contributed by atoms with Crippen LogP contribution < -0.4 is 10.1 Å². The summed E-state index contributed by atoms with van der Waals surface area (Å²) in [7, 11) is 0. The zero-order chi connectivity index (χ0) is 18.0. The van der Waals surface area contributed by atoms with Crippen LogP contribution in [-0.2, 0) is 10.3 Å². The molecule has 2 aromatic rings. The third-order valence-electron chi connectivity index (χ3n) is 4.24. The number of carbonyl (C=O) groups excluding carboxylic acids is 1. The highest BCUT2D eigenvalue weighted by Crippen LogP contribution is 2.30. The molecule has 0 atom stereocenters. The smallest absolute Gasteiger partial charge is 0.331 e. The van der Waals surface area contributed by atoms with Gasteiger partial charge < -0.3 is 15.2 Å². The average molecular weight is 343 g/mol. The second kappa shape index (κ2) is 6.58. The number of aliphatic carboxylic acids is 1. The molecule has 1 aromatic carbocycles. The number of carboxylic acids is 1. The van der Waals surface area contributed by atoms with E-state index in [1.165, 1.54) is 43.8 Å². The summed E-state index contributed by atoms with van der Waals surface area (Å²) in [5, 5.41) is 16.0. The van der Waals surface area contributed by atoms with Crippen molar-refractivity contribution in [3.05, 3.63) is 42.2 Å². The van der Waals surface area contributed by atoms with Crippen LogP contribution in [0.5, 0.6) is 5.75 Å². The molecule has 132 valence electrons. The van der Waals surface area contributed by atoms with Gasteiger partial charge >= 0.3 is 5.97 Å². The molecule has 7 nitrogen and oxygen atoms in total. The summed E-state index contributed by atoms with van der Waals surface area (Å²) in [6.07, 6.45) is 5.27. The van der Waals surface area contributed by atoms with E-state index in [0.717, 1.165) is 0 Å². The van der Waals surface area contributed by atoms with Crippen molar-refractivity contribution >= 4 is 17.6 Å². The van der Waals surface area contributed by atoms with Crippen LogP contribution in [0.25, 0.3) is 0 Å². The third kappa shape index (κ3) is 3.81. The first-order valence-electron chi connectivity index (χ1n) is 8.19. The Morgan fingerprint density at radius 3 is 2.76 bits per heavy atom. The fourth-order valence-electron chi connectivity index (χ4n) is 2.26. The zero-order valence-corrected chi connectivity index (χ0v) is 14.2. The Kier molecular flexibility index (Phi) is 4.48. The number of nitrogens with zero attached hydrogens (tertiary/aromatic N) is 2. The summed E-state index contributed by atoms with van der Waals surface area (Å²) in [6.45, 7) is 3.69. The lowest BCUT2D eigenvalue weighted by molar-refractivity contribution is -0.146. The zero-order valence-electron chi connectivity index (χ0n) is 14.2. The molecule has 1 heterocycles. The van der Waals surface area contributed by atoms with Gasteiger partial charge in [-0.15, -0.1) is 0 Å². The van der Waals surface area contributed by atoms with E-state index >= 15 is 0 Å². The molecule has 1 aromatic heterocycles. The second-order valence-electron chi connectivity index (χ2n) is 6.74. The summed E-state index contributed by atoms with van der Waals surface area (Å²) in [5.41, 5.74) is -0.335. The van der Waals surface area contributed by atoms with Gasteiger partial charge in [-0.2, -0.15) is 5.10 Å². The highest BCUT2D eigenvalue weighted by molar-refractivity contribution is 6.06. The average Bonchev–Trinajstić information content (AvgIpc) is 3.29. The Hall–Kier alpha value is -2.83. The van der Waals surface area contributed by atoms with Gasteiger partial charge in [0.2, 0.25) is 0 Å². The maximum absolute atomic E-state index is 12.5. The normalized spacial score (nSPS) is 14.2. The van der Waals surface area contributed by atoms with Crippen molar-refractivity contribution in [3.63, 3.8) is 0 Å². The van der Waals surface area contributed by atoms with Gasteiger partial charge in [-0.05, 0) is 44.7 Å².